The third-order valence-corrected chi connectivity index (χ3v) is 3.53. The van der Waals surface area contributed by atoms with E-state index in [0.717, 1.165) is 11.3 Å². The SMILES string of the molecule is N#Cc1cc(CN)ccc1N1CCN(CC(F)(F)F)CC1. The standard InChI is InChI=1S/C14H17F3N4/c15-14(16,17)10-20-3-5-21(6-4-20)13-2-1-11(8-18)7-12(13)9-19/h1-2,7H,3-6,8,10,18H2. The van der Waals surface area contributed by atoms with Crippen LogP contribution in [0.15, 0.2) is 18.2 Å². The summed E-state index contributed by atoms with van der Waals surface area (Å²) >= 11 is 0. The Morgan fingerprint density at radius 1 is 1.19 bits per heavy atom. The first kappa shape index (κ1) is 15.6. The zero-order chi connectivity index (χ0) is 15.5. The maximum atomic E-state index is 12.4. The molecule has 2 rings (SSSR count). The summed E-state index contributed by atoms with van der Waals surface area (Å²) < 4.78 is 37.1. The highest BCUT2D eigenvalue weighted by molar-refractivity contribution is 5.60. The van der Waals surface area contributed by atoms with Gasteiger partial charge in [-0.25, -0.2) is 0 Å². The van der Waals surface area contributed by atoms with Crippen LogP contribution in [-0.2, 0) is 6.54 Å². The molecular weight excluding hydrogens is 281 g/mol. The third kappa shape index (κ3) is 4.09. The van der Waals surface area contributed by atoms with Crippen LogP contribution < -0.4 is 10.6 Å². The second-order valence-electron chi connectivity index (χ2n) is 5.05. The second-order valence-corrected chi connectivity index (χ2v) is 5.05. The first-order valence-electron chi connectivity index (χ1n) is 6.70. The van der Waals surface area contributed by atoms with Crippen molar-refractivity contribution < 1.29 is 13.2 Å². The number of hydrogen-bond acceptors (Lipinski definition) is 4. The van der Waals surface area contributed by atoms with Gasteiger partial charge in [0.05, 0.1) is 17.8 Å². The molecule has 1 fully saturated rings. The summed E-state index contributed by atoms with van der Waals surface area (Å²) in [5.74, 6) is 0. The molecule has 1 heterocycles. The van der Waals surface area contributed by atoms with Crippen LogP contribution in [0.5, 0.6) is 0 Å². The van der Waals surface area contributed by atoms with Crippen LogP contribution in [0.1, 0.15) is 11.1 Å². The monoisotopic (exact) mass is 298 g/mol. The van der Waals surface area contributed by atoms with E-state index in [1.54, 1.807) is 6.07 Å². The van der Waals surface area contributed by atoms with E-state index in [1.165, 1.54) is 4.90 Å². The molecule has 0 bridgehead atoms. The highest BCUT2D eigenvalue weighted by Crippen LogP contribution is 2.24. The highest BCUT2D eigenvalue weighted by atomic mass is 19.4. The van der Waals surface area contributed by atoms with Crippen molar-refractivity contribution in [3.05, 3.63) is 29.3 Å². The van der Waals surface area contributed by atoms with Crippen LogP contribution >= 0.6 is 0 Å². The maximum absolute atomic E-state index is 12.4. The van der Waals surface area contributed by atoms with Crippen LogP contribution in [-0.4, -0.2) is 43.8 Å². The van der Waals surface area contributed by atoms with Crippen molar-refractivity contribution in [2.45, 2.75) is 12.7 Å². The Labute approximate surface area is 121 Å². The van der Waals surface area contributed by atoms with Crippen molar-refractivity contribution >= 4 is 5.69 Å². The molecule has 1 aromatic carbocycles. The number of nitrogens with two attached hydrogens (primary N) is 1. The number of alkyl halides is 3. The minimum absolute atomic E-state index is 0.336. The molecule has 2 N–H and O–H groups in total. The minimum Gasteiger partial charge on any atom is -0.368 e. The molecule has 114 valence electrons. The number of benzene rings is 1. The molecule has 0 radical (unpaired) electrons. The molecule has 21 heavy (non-hydrogen) atoms. The van der Waals surface area contributed by atoms with Crippen molar-refractivity contribution in [2.75, 3.05) is 37.6 Å². The largest absolute Gasteiger partial charge is 0.401 e. The lowest BCUT2D eigenvalue weighted by Gasteiger charge is -2.36. The average Bonchev–Trinajstić information content (AvgIpc) is 2.46. The van der Waals surface area contributed by atoms with E-state index >= 15 is 0 Å². The first-order valence-corrected chi connectivity index (χ1v) is 6.70. The van der Waals surface area contributed by atoms with Crippen LogP contribution in [0.4, 0.5) is 18.9 Å². The topological polar surface area (TPSA) is 56.3 Å². The van der Waals surface area contributed by atoms with E-state index < -0.39 is 12.7 Å². The van der Waals surface area contributed by atoms with E-state index in [4.69, 9.17) is 5.73 Å². The van der Waals surface area contributed by atoms with Gasteiger partial charge in [-0.1, -0.05) is 6.07 Å². The fraction of sp³-hybridized carbons (Fsp3) is 0.500. The number of halogens is 3. The van der Waals surface area contributed by atoms with Gasteiger partial charge in [0.2, 0.25) is 0 Å². The Kier molecular flexibility index (Phi) is 4.70. The van der Waals surface area contributed by atoms with Gasteiger partial charge in [-0.15, -0.1) is 0 Å². The quantitative estimate of drug-likeness (QED) is 0.923. The fourth-order valence-electron chi connectivity index (χ4n) is 2.48. The highest BCUT2D eigenvalue weighted by Gasteiger charge is 2.32. The zero-order valence-electron chi connectivity index (χ0n) is 11.5. The average molecular weight is 298 g/mol. The lowest BCUT2D eigenvalue weighted by atomic mass is 10.1. The van der Waals surface area contributed by atoms with Gasteiger partial charge in [-0.2, -0.15) is 18.4 Å². The van der Waals surface area contributed by atoms with Crippen LogP contribution in [0.25, 0.3) is 0 Å². The summed E-state index contributed by atoms with van der Waals surface area (Å²) in [5, 5.41) is 9.20. The van der Waals surface area contributed by atoms with Gasteiger partial charge in [-0.05, 0) is 17.7 Å². The van der Waals surface area contributed by atoms with Gasteiger partial charge in [0.25, 0.3) is 0 Å². The molecule has 0 unspecified atom stereocenters. The van der Waals surface area contributed by atoms with E-state index in [2.05, 4.69) is 6.07 Å². The molecule has 0 amide bonds. The van der Waals surface area contributed by atoms with Crippen molar-refractivity contribution in [3.63, 3.8) is 0 Å². The van der Waals surface area contributed by atoms with Crippen molar-refractivity contribution in [1.82, 2.24) is 4.90 Å². The number of nitriles is 1. The van der Waals surface area contributed by atoms with Crippen molar-refractivity contribution in [1.29, 1.82) is 5.26 Å². The second kappa shape index (κ2) is 6.33. The van der Waals surface area contributed by atoms with Crippen molar-refractivity contribution in [3.8, 4) is 6.07 Å². The lowest BCUT2D eigenvalue weighted by Crippen LogP contribution is -2.49. The first-order chi connectivity index (χ1) is 9.93. The summed E-state index contributed by atoms with van der Waals surface area (Å²) in [5.41, 5.74) is 7.69. The number of rotatable bonds is 3. The molecule has 0 saturated carbocycles. The fourth-order valence-corrected chi connectivity index (χ4v) is 2.48. The Balaban J connectivity index is 2.04. The van der Waals surface area contributed by atoms with Crippen LogP contribution in [0.3, 0.4) is 0 Å². The predicted octanol–water partition coefficient (Wildman–Crippen LogP) is 1.70. The molecule has 1 aliphatic rings. The summed E-state index contributed by atoms with van der Waals surface area (Å²) in [7, 11) is 0. The number of nitrogens with zero attached hydrogens (tertiary/aromatic N) is 3. The third-order valence-electron chi connectivity index (χ3n) is 3.53. The lowest BCUT2D eigenvalue weighted by molar-refractivity contribution is -0.146. The van der Waals surface area contributed by atoms with Crippen LogP contribution in [0, 0.1) is 11.3 Å². The summed E-state index contributed by atoms with van der Waals surface area (Å²) in [4.78, 5) is 3.34. The summed E-state index contributed by atoms with van der Waals surface area (Å²) in [6, 6.07) is 7.52. The van der Waals surface area contributed by atoms with Gasteiger partial charge in [0, 0.05) is 32.7 Å². The van der Waals surface area contributed by atoms with E-state index in [1.807, 2.05) is 17.0 Å². The Morgan fingerprint density at radius 2 is 1.86 bits per heavy atom. The summed E-state index contributed by atoms with van der Waals surface area (Å²) in [6.07, 6.45) is -4.16. The Hall–Kier alpha value is -1.78. The van der Waals surface area contributed by atoms with Gasteiger partial charge in [-0.3, -0.25) is 4.90 Å². The number of anilines is 1. The van der Waals surface area contributed by atoms with Crippen molar-refractivity contribution in [2.24, 2.45) is 5.73 Å². The molecule has 7 heteroatoms. The molecule has 0 aromatic heterocycles. The molecule has 0 spiro atoms. The Bertz CT molecular complexity index is 528. The van der Waals surface area contributed by atoms with E-state index in [0.29, 0.717) is 38.3 Å². The smallest absolute Gasteiger partial charge is 0.368 e. The number of hydrogen-bond donors (Lipinski definition) is 1. The van der Waals surface area contributed by atoms with Gasteiger partial charge in [0.1, 0.15) is 6.07 Å². The zero-order valence-corrected chi connectivity index (χ0v) is 11.5. The molecular formula is C14H17F3N4. The Morgan fingerprint density at radius 3 is 2.38 bits per heavy atom. The number of piperazine rings is 1. The molecule has 1 aliphatic heterocycles. The normalized spacial score (nSPS) is 16.8. The predicted molar refractivity (Wildman–Crippen MR) is 73.8 cm³/mol. The van der Waals surface area contributed by atoms with Crippen LogP contribution in [0.2, 0.25) is 0 Å². The molecule has 1 saturated heterocycles. The maximum Gasteiger partial charge on any atom is 0.401 e. The molecule has 4 nitrogen and oxygen atoms in total. The molecule has 0 atom stereocenters. The van der Waals surface area contributed by atoms with Gasteiger partial charge in [0.15, 0.2) is 0 Å². The van der Waals surface area contributed by atoms with Gasteiger partial charge < -0.3 is 10.6 Å². The van der Waals surface area contributed by atoms with E-state index in [9.17, 15) is 18.4 Å². The van der Waals surface area contributed by atoms with E-state index in [-0.39, 0.29) is 0 Å². The molecule has 1 aromatic rings. The minimum atomic E-state index is -4.16. The summed E-state index contributed by atoms with van der Waals surface area (Å²) in [6.45, 7) is 1.11. The van der Waals surface area contributed by atoms with Gasteiger partial charge >= 0.3 is 6.18 Å². The molecule has 0 aliphatic carbocycles.